The van der Waals surface area contributed by atoms with Gasteiger partial charge in [-0.2, -0.15) is 0 Å². The highest BCUT2D eigenvalue weighted by Gasteiger charge is 2.37. The van der Waals surface area contributed by atoms with E-state index in [4.69, 9.17) is 4.74 Å². The van der Waals surface area contributed by atoms with E-state index in [9.17, 15) is 19.5 Å². The van der Waals surface area contributed by atoms with E-state index < -0.39 is 6.09 Å². The molecule has 37 heavy (non-hydrogen) atoms. The number of hydrogen-bond donors (Lipinski definition) is 2. The SMILES string of the molecule is CC1(C)CC(=O)C(=C(O)CCCCCCCNC(=O)OCC2c3ccccc3-c3ccccc32)C(=O)C1. The van der Waals surface area contributed by atoms with E-state index in [1.54, 1.807) is 0 Å². The number of hydrogen-bond acceptors (Lipinski definition) is 5. The molecule has 0 spiro atoms. The van der Waals surface area contributed by atoms with Crippen molar-refractivity contribution in [1.29, 1.82) is 0 Å². The Labute approximate surface area is 219 Å². The molecular weight excluding hydrogens is 466 g/mol. The number of allylic oxidation sites excluding steroid dienone is 2. The molecule has 2 aliphatic rings. The highest BCUT2D eigenvalue weighted by molar-refractivity contribution is 6.22. The zero-order valence-corrected chi connectivity index (χ0v) is 21.8. The predicted molar refractivity (Wildman–Crippen MR) is 143 cm³/mol. The van der Waals surface area contributed by atoms with Gasteiger partial charge >= 0.3 is 6.09 Å². The summed E-state index contributed by atoms with van der Waals surface area (Å²) in [5.74, 6) is -0.478. The first-order valence-electron chi connectivity index (χ1n) is 13.3. The molecule has 0 aromatic heterocycles. The molecular formula is C31H37NO5. The molecule has 1 amide bonds. The van der Waals surface area contributed by atoms with Crippen LogP contribution in [0, 0.1) is 5.41 Å². The van der Waals surface area contributed by atoms with Gasteiger partial charge in [0.05, 0.1) is 5.57 Å². The standard InChI is InChI=1S/C31H37NO5/c1-31(2)18-27(34)29(28(35)19-31)26(33)16-6-4-3-5-11-17-32-30(36)37-20-25-23-14-9-7-12-21(23)22-13-8-10-15-24(22)25/h7-10,12-15,25,33H,3-6,11,16-20H2,1-2H3,(H,32,36). The molecule has 0 atom stereocenters. The number of nitrogens with one attached hydrogen (secondary N) is 1. The topological polar surface area (TPSA) is 92.7 Å². The van der Waals surface area contributed by atoms with Gasteiger partial charge in [0.1, 0.15) is 12.4 Å². The van der Waals surface area contributed by atoms with Gasteiger partial charge in [-0.1, -0.05) is 81.6 Å². The Morgan fingerprint density at radius 2 is 1.43 bits per heavy atom. The van der Waals surface area contributed by atoms with E-state index >= 15 is 0 Å². The van der Waals surface area contributed by atoms with Gasteiger partial charge in [-0.3, -0.25) is 9.59 Å². The molecule has 0 bridgehead atoms. The third-order valence-electron chi connectivity index (χ3n) is 7.33. The number of fused-ring (bicyclic) bond motifs is 3. The Morgan fingerprint density at radius 3 is 2.05 bits per heavy atom. The summed E-state index contributed by atoms with van der Waals surface area (Å²) in [5, 5.41) is 13.1. The first-order valence-corrected chi connectivity index (χ1v) is 13.3. The molecule has 0 saturated heterocycles. The average Bonchev–Trinajstić information content (AvgIpc) is 3.17. The molecule has 0 aliphatic heterocycles. The number of carbonyl (C=O) groups excluding carboxylic acids is 3. The quantitative estimate of drug-likeness (QED) is 0.164. The van der Waals surface area contributed by atoms with Crippen molar-refractivity contribution in [2.24, 2.45) is 5.41 Å². The lowest BCUT2D eigenvalue weighted by Gasteiger charge is -2.28. The number of unbranched alkanes of at least 4 members (excludes halogenated alkanes) is 4. The number of carbonyl (C=O) groups is 3. The predicted octanol–water partition coefficient (Wildman–Crippen LogP) is 6.64. The highest BCUT2D eigenvalue weighted by Crippen LogP contribution is 2.44. The van der Waals surface area contributed by atoms with Crippen LogP contribution in [-0.2, 0) is 14.3 Å². The first-order chi connectivity index (χ1) is 17.8. The molecule has 1 fully saturated rings. The fourth-order valence-corrected chi connectivity index (χ4v) is 5.50. The summed E-state index contributed by atoms with van der Waals surface area (Å²) in [5.41, 5.74) is 4.49. The molecule has 2 N–H and O–H groups in total. The Morgan fingerprint density at radius 1 is 0.892 bits per heavy atom. The van der Waals surface area contributed by atoms with Crippen molar-refractivity contribution >= 4 is 17.7 Å². The number of ether oxygens (including phenoxy) is 1. The van der Waals surface area contributed by atoms with E-state index in [1.165, 1.54) is 22.3 Å². The number of rotatable bonds is 10. The summed E-state index contributed by atoms with van der Waals surface area (Å²) >= 11 is 0. The highest BCUT2D eigenvalue weighted by atomic mass is 16.5. The number of aliphatic hydroxyl groups excluding tert-OH is 1. The van der Waals surface area contributed by atoms with Crippen LogP contribution < -0.4 is 5.32 Å². The van der Waals surface area contributed by atoms with Crippen molar-refractivity contribution in [2.75, 3.05) is 13.2 Å². The minimum Gasteiger partial charge on any atom is -0.511 e. The maximum absolute atomic E-state index is 12.3. The van der Waals surface area contributed by atoms with E-state index in [1.807, 2.05) is 38.1 Å². The second kappa shape index (κ2) is 11.8. The minimum atomic E-state index is -0.400. The fraction of sp³-hybridized carbons (Fsp3) is 0.452. The normalized spacial score (nSPS) is 16.3. The van der Waals surface area contributed by atoms with Crippen molar-refractivity contribution in [3.05, 3.63) is 71.0 Å². The molecule has 1 saturated carbocycles. The molecule has 2 aromatic rings. The summed E-state index contributed by atoms with van der Waals surface area (Å²) < 4.78 is 5.56. The Hall–Kier alpha value is -3.41. The number of amides is 1. The maximum atomic E-state index is 12.3. The van der Waals surface area contributed by atoms with Crippen LogP contribution >= 0.6 is 0 Å². The van der Waals surface area contributed by atoms with Crippen molar-refractivity contribution in [2.45, 2.75) is 71.1 Å². The molecule has 6 nitrogen and oxygen atoms in total. The minimum absolute atomic E-state index is 0.0200. The van der Waals surface area contributed by atoms with E-state index in [2.05, 4.69) is 29.6 Å². The lowest BCUT2D eigenvalue weighted by atomic mass is 9.73. The summed E-state index contributed by atoms with van der Waals surface area (Å²) in [6.07, 6.45) is 4.88. The third-order valence-corrected chi connectivity index (χ3v) is 7.33. The molecule has 0 radical (unpaired) electrons. The molecule has 0 heterocycles. The Bertz CT molecular complexity index is 1130. The molecule has 6 heteroatoms. The fourth-order valence-electron chi connectivity index (χ4n) is 5.50. The van der Waals surface area contributed by atoms with Crippen LogP contribution in [0.25, 0.3) is 11.1 Å². The molecule has 2 aliphatic carbocycles. The zero-order chi connectivity index (χ0) is 26.4. The van der Waals surface area contributed by atoms with Crippen LogP contribution in [0.15, 0.2) is 59.9 Å². The largest absolute Gasteiger partial charge is 0.511 e. The first kappa shape index (κ1) is 26.6. The van der Waals surface area contributed by atoms with Gasteiger partial charge in [-0.05, 0) is 40.5 Å². The Kier molecular flexibility index (Phi) is 8.47. The molecule has 4 rings (SSSR count). The van der Waals surface area contributed by atoms with Crippen LogP contribution in [0.1, 0.15) is 82.3 Å². The maximum Gasteiger partial charge on any atom is 0.407 e. The van der Waals surface area contributed by atoms with Gasteiger partial charge in [-0.15, -0.1) is 0 Å². The van der Waals surface area contributed by atoms with Gasteiger partial charge in [0.2, 0.25) is 0 Å². The van der Waals surface area contributed by atoms with Crippen LogP contribution in [0.5, 0.6) is 0 Å². The second-order valence-corrected chi connectivity index (χ2v) is 11.0. The van der Waals surface area contributed by atoms with Crippen molar-refractivity contribution in [3.8, 4) is 11.1 Å². The van der Waals surface area contributed by atoms with Crippen molar-refractivity contribution < 1.29 is 24.2 Å². The lowest BCUT2D eigenvalue weighted by molar-refractivity contribution is -0.127. The van der Waals surface area contributed by atoms with E-state index in [0.717, 1.165) is 32.1 Å². The summed E-state index contributed by atoms with van der Waals surface area (Å²) in [4.78, 5) is 36.8. The van der Waals surface area contributed by atoms with Gasteiger partial charge in [-0.25, -0.2) is 4.79 Å². The lowest BCUT2D eigenvalue weighted by Crippen LogP contribution is -2.32. The summed E-state index contributed by atoms with van der Waals surface area (Å²) in [7, 11) is 0. The number of aliphatic hydroxyl groups is 1. The van der Waals surface area contributed by atoms with Crippen molar-refractivity contribution in [1.82, 2.24) is 5.32 Å². The molecule has 196 valence electrons. The van der Waals surface area contributed by atoms with E-state index in [0.29, 0.717) is 32.4 Å². The third kappa shape index (κ3) is 6.48. The van der Waals surface area contributed by atoms with Gasteiger partial charge in [0, 0.05) is 31.7 Å². The van der Waals surface area contributed by atoms with Crippen LogP contribution in [-0.4, -0.2) is 35.9 Å². The number of benzene rings is 2. The molecule has 2 aromatic carbocycles. The summed E-state index contributed by atoms with van der Waals surface area (Å²) in [6.45, 7) is 4.66. The van der Waals surface area contributed by atoms with E-state index in [-0.39, 0.29) is 34.2 Å². The second-order valence-electron chi connectivity index (χ2n) is 11.0. The van der Waals surface area contributed by atoms with Crippen LogP contribution in [0.4, 0.5) is 4.79 Å². The Balaban J connectivity index is 1.11. The van der Waals surface area contributed by atoms with Gasteiger partial charge < -0.3 is 15.2 Å². The summed E-state index contributed by atoms with van der Waals surface area (Å²) in [6, 6.07) is 16.5. The average molecular weight is 504 g/mol. The monoisotopic (exact) mass is 503 g/mol. The van der Waals surface area contributed by atoms with Crippen molar-refractivity contribution in [3.63, 3.8) is 0 Å². The van der Waals surface area contributed by atoms with Crippen LogP contribution in [0.3, 0.4) is 0 Å². The smallest absolute Gasteiger partial charge is 0.407 e. The number of Topliss-reactive ketones (excluding diaryl/α,β-unsaturated/α-hetero) is 2. The van der Waals surface area contributed by atoms with Crippen LogP contribution in [0.2, 0.25) is 0 Å². The zero-order valence-electron chi connectivity index (χ0n) is 21.8. The van der Waals surface area contributed by atoms with Gasteiger partial charge in [0.15, 0.2) is 11.6 Å². The molecule has 0 unspecified atom stereocenters. The van der Waals surface area contributed by atoms with Gasteiger partial charge in [0.25, 0.3) is 0 Å². The number of ketones is 2. The number of alkyl carbamates (subject to hydrolysis) is 1.